The van der Waals surface area contributed by atoms with Crippen LogP contribution in [0.5, 0.6) is 0 Å². The monoisotopic (exact) mass is 151 g/mol. The van der Waals surface area contributed by atoms with Crippen molar-refractivity contribution in [3.8, 4) is 0 Å². The Kier molecular flexibility index (Phi) is 1.24. The normalized spacial score (nSPS) is 11.1. The van der Waals surface area contributed by atoms with Crippen LogP contribution in [0.2, 0.25) is 0 Å². The molecule has 58 valence electrons. The summed E-state index contributed by atoms with van der Waals surface area (Å²) in [4.78, 5) is 4.05. The summed E-state index contributed by atoms with van der Waals surface area (Å²) in [5.74, 6) is 1.58. The number of fused-ring (bicyclic) bond motifs is 1. The summed E-state index contributed by atoms with van der Waals surface area (Å²) in [5.41, 5.74) is 1.36. The number of furan rings is 1. The van der Waals surface area contributed by atoms with Gasteiger partial charge in [0.1, 0.15) is 5.76 Å². The van der Waals surface area contributed by atoms with Crippen LogP contribution in [0.1, 0.15) is 18.6 Å². The first-order chi connectivity index (χ1) is 5.29. The van der Waals surface area contributed by atoms with E-state index in [0.29, 0.717) is 11.6 Å². The zero-order chi connectivity index (χ0) is 7.84. The molecule has 0 spiro atoms. The molecule has 3 heteroatoms. The van der Waals surface area contributed by atoms with Crippen LogP contribution in [0.15, 0.2) is 14.9 Å². The van der Waals surface area contributed by atoms with Crippen LogP contribution < -0.4 is 0 Å². The zero-order valence-electron chi connectivity index (χ0n) is 6.55. The van der Waals surface area contributed by atoms with Gasteiger partial charge in [0.25, 0.3) is 5.71 Å². The lowest BCUT2D eigenvalue weighted by Crippen LogP contribution is -1.70. The Morgan fingerprint density at radius 2 is 2.27 bits per heavy atom. The Labute approximate surface area is 64.0 Å². The molecule has 0 atom stereocenters. The standard InChI is InChI=1S/C8H9NO2/c1-3-6-4-7-8(11-6)9-5(2)10-7/h4H,3H2,1-2H3. The van der Waals surface area contributed by atoms with Gasteiger partial charge in [0.05, 0.1) is 0 Å². The molecule has 0 aliphatic rings. The van der Waals surface area contributed by atoms with Gasteiger partial charge in [0.15, 0.2) is 11.5 Å². The van der Waals surface area contributed by atoms with Crippen LogP contribution >= 0.6 is 0 Å². The van der Waals surface area contributed by atoms with Crippen molar-refractivity contribution >= 4 is 11.3 Å². The smallest absolute Gasteiger partial charge is 0.266 e. The molecule has 0 saturated carbocycles. The summed E-state index contributed by atoms with van der Waals surface area (Å²) in [6.45, 7) is 3.84. The summed E-state index contributed by atoms with van der Waals surface area (Å²) in [7, 11) is 0. The number of hydrogen-bond acceptors (Lipinski definition) is 3. The molecular formula is C8H9NO2. The second-order valence-electron chi connectivity index (χ2n) is 2.47. The first-order valence-corrected chi connectivity index (χ1v) is 3.65. The number of aromatic nitrogens is 1. The van der Waals surface area contributed by atoms with Crippen molar-refractivity contribution in [2.75, 3.05) is 0 Å². The lowest BCUT2D eigenvalue weighted by Gasteiger charge is -1.82. The Morgan fingerprint density at radius 3 is 2.91 bits per heavy atom. The fourth-order valence-electron chi connectivity index (χ4n) is 1.06. The molecule has 0 amide bonds. The molecule has 2 rings (SSSR count). The van der Waals surface area contributed by atoms with Gasteiger partial charge in [-0.05, 0) is 0 Å². The fraction of sp³-hybridized carbons (Fsp3) is 0.375. The molecule has 2 heterocycles. The molecule has 0 saturated heterocycles. The highest BCUT2D eigenvalue weighted by molar-refractivity contribution is 5.66. The lowest BCUT2D eigenvalue weighted by molar-refractivity contribution is 0.541. The van der Waals surface area contributed by atoms with E-state index in [1.54, 1.807) is 6.92 Å². The molecule has 0 fully saturated rings. The molecule has 0 N–H and O–H groups in total. The Morgan fingerprint density at radius 1 is 1.45 bits per heavy atom. The zero-order valence-corrected chi connectivity index (χ0v) is 6.55. The van der Waals surface area contributed by atoms with Crippen LogP contribution in [-0.4, -0.2) is 4.98 Å². The van der Waals surface area contributed by atoms with Gasteiger partial charge < -0.3 is 8.83 Å². The molecule has 2 aromatic rings. The summed E-state index contributed by atoms with van der Waals surface area (Å²) in [6, 6.07) is 1.88. The molecule has 2 aromatic heterocycles. The van der Waals surface area contributed by atoms with E-state index < -0.39 is 0 Å². The van der Waals surface area contributed by atoms with E-state index >= 15 is 0 Å². The van der Waals surface area contributed by atoms with Gasteiger partial charge in [-0.3, -0.25) is 0 Å². The molecule has 0 bridgehead atoms. The van der Waals surface area contributed by atoms with Crippen molar-refractivity contribution in [1.82, 2.24) is 4.98 Å². The molecule has 0 aliphatic carbocycles. The molecular weight excluding hydrogens is 142 g/mol. The van der Waals surface area contributed by atoms with E-state index in [1.807, 2.05) is 13.0 Å². The van der Waals surface area contributed by atoms with Gasteiger partial charge in [0.2, 0.25) is 0 Å². The average Bonchev–Trinajstić information content (AvgIpc) is 2.43. The van der Waals surface area contributed by atoms with Crippen LogP contribution in [0.3, 0.4) is 0 Å². The minimum Gasteiger partial charge on any atom is -0.440 e. The molecule has 0 aliphatic heterocycles. The average molecular weight is 151 g/mol. The highest BCUT2D eigenvalue weighted by Gasteiger charge is 2.07. The van der Waals surface area contributed by atoms with Gasteiger partial charge in [-0.2, -0.15) is 4.98 Å². The fourth-order valence-corrected chi connectivity index (χ4v) is 1.06. The maximum absolute atomic E-state index is 5.33. The number of nitrogens with zero attached hydrogens (tertiary/aromatic N) is 1. The number of aryl methyl sites for hydroxylation is 2. The van der Waals surface area contributed by atoms with Crippen LogP contribution in [0, 0.1) is 6.92 Å². The minimum atomic E-state index is 0.611. The van der Waals surface area contributed by atoms with E-state index in [-0.39, 0.29) is 0 Å². The maximum atomic E-state index is 5.33. The molecule has 11 heavy (non-hydrogen) atoms. The van der Waals surface area contributed by atoms with E-state index in [0.717, 1.165) is 17.8 Å². The van der Waals surface area contributed by atoms with Crippen molar-refractivity contribution in [2.45, 2.75) is 20.3 Å². The molecule has 0 aromatic carbocycles. The lowest BCUT2D eigenvalue weighted by atomic mass is 10.4. The second-order valence-corrected chi connectivity index (χ2v) is 2.47. The Balaban J connectivity index is 2.64. The third-order valence-electron chi connectivity index (χ3n) is 1.60. The quantitative estimate of drug-likeness (QED) is 0.627. The van der Waals surface area contributed by atoms with Gasteiger partial charge >= 0.3 is 0 Å². The Bertz CT molecular complexity index is 341. The van der Waals surface area contributed by atoms with E-state index in [9.17, 15) is 0 Å². The SMILES string of the molecule is CCc1cc2oc(C)nc2o1. The second kappa shape index (κ2) is 2.12. The predicted octanol–water partition coefficient (Wildman–Crippen LogP) is 2.29. The van der Waals surface area contributed by atoms with Crippen molar-refractivity contribution in [3.05, 3.63) is 17.7 Å². The first kappa shape index (κ1) is 6.46. The van der Waals surface area contributed by atoms with E-state index in [4.69, 9.17) is 8.83 Å². The summed E-state index contributed by atoms with van der Waals surface area (Å²) in [6.07, 6.45) is 0.880. The van der Waals surface area contributed by atoms with Gasteiger partial charge in [-0.1, -0.05) is 6.92 Å². The topological polar surface area (TPSA) is 39.2 Å². The first-order valence-electron chi connectivity index (χ1n) is 3.65. The van der Waals surface area contributed by atoms with E-state index in [1.165, 1.54) is 0 Å². The number of oxazole rings is 1. The summed E-state index contributed by atoms with van der Waals surface area (Å²) < 4.78 is 10.6. The van der Waals surface area contributed by atoms with Crippen molar-refractivity contribution in [1.29, 1.82) is 0 Å². The van der Waals surface area contributed by atoms with Crippen LogP contribution in [0.25, 0.3) is 11.3 Å². The van der Waals surface area contributed by atoms with Crippen molar-refractivity contribution in [2.24, 2.45) is 0 Å². The predicted molar refractivity (Wildman–Crippen MR) is 40.4 cm³/mol. The van der Waals surface area contributed by atoms with Gasteiger partial charge in [-0.25, -0.2) is 0 Å². The number of hydrogen-bond donors (Lipinski definition) is 0. The summed E-state index contributed by atoms with van der Waals surface area (Å²) >= 11 is 0. The molecule has 3 nitrogen and oxygen atoms in total. The maximum Gasteiger partial charge on any atom is 0.266 e. The Hall–Kier alpha value is -1.25. The van der Waals surface area contributed by atoms with Gasteiger partial charge in [-0.15, -0.1) is 0 Å². The van der Waals surface area contributed by atoms with Crippen LogP contribution in [0.4, 0.5) is 0 Å². The highest BCUT2D eigenvalue weighted by Crippen LogP contribution is 2.19. The van der Waals surface area contributed by atoms with Crippen LogP contribution in [-0.2, 0) is 6.42 Å². The highest BCUT2D eigenvalue weighted by atomic mass is 16.4. The molecule has 0 unspecified atom stereocenters. The van der Waals surface area contributed by atoms with Crippen molar-refractivity contribution < 1.29 is 8.83 Å². The minimum absolute atomic E-state index is 0.611. The number of rotatable bonds is 1. The van der Waals surface area contributed by atoms with Gasteiger partial charge in [0, 0.05) is 19.4 Å². The summed E-state index contributed by atoms with van der Waals surface area (Å²) in [5, 5.41) is 0. The van der Waals surface area contributed by atoms with Crippen molar-refractivity contribution in [3.63, 3.8) is 0 Å². The third kappa shape index (κ3) is 0.926. The molecule has 0 radical (unpaired) electrons. The largest absolute Gasteiger partial charge is 0.440 e. The van der Waals surface area contributed by atoms with E-state index in [2.05, 4.69) is 4.98 Å². The third-order valence-corrected chi connectivity index (χ3v) is 1.60.